The maximum absolute atomic E-state index is 11.1. The van der Waals surface area contributed by atoms with Crippen LogP contribution in [-0.2, 0) is 0 Å². The molecule has 4 rings (SSSR count). The highest BCUT2D eigenvalue weighted by molar-refractivity contribution is 5.10. The second kappa shape index (κ2) is 8.22. The van der Waals surface area contributed by atoms with Gasteiger partial charge in [0.05, 0.1) is 12.2 Å². The second-order valence-electron chi connectivity index (χ2n) is 11.7. The average Bonchev–Trinajstić information content (AvgIpc) is 3.03. The Hall–Kier alpha value is -0.0800. The molecule has 9 atom stereocenters. The summed E-state index contributed by atoms with van der Waals surface area (Å²) in [7, 11) is 0. The van der Waals surface area contributed by atoms with Gasteiger partial charge in [-0.1, -0.05) is 46.5 Å². The van der Waals surface area contributed by atoms with Gasteiger partial charge in [-0.15, -0.1) is 0 Å². The van der Waals surface area contributed by atoms with Crippen molar-refractivity contribution in [2.75, 3.05) is 0 Å². The summed E-state index contributed by atoms with van der Waals surface area (Å²) >= 11 is 0. The summed E-state index contributed by atoms with van der Waals surface area (Å²) in [4.78, 5) is 0. The molecule has 0 radical (unpaired) electrons. The lowest BCUT2D eigenvalue weighted by atomic mass is 9.44. The Morgan fingerprint density at radius 1 is 0.857 bits per heavy atom. The maximum atomic E-state index is 11.1. The molecule has 4 fully saturated rings. The predicted molar refractivity (Wildman–Crippen MR) is 116 cm³/mol. The van der Waals surface area contributed by atoms with E-state index in [9.17, 15) is 10.2 Å². The number of rotatable bonds is 6. The third-order valence-corrected chi connectivity index (χ3v) is 10.5. The molecule has 4 aliphatic carbocycles. The Morgan fingerprint density at radius 2 is 1.61 bits per heavy atom. The smallest absolute Gasteiger partial charge is 0.0573 e. The third-order valence-electron chi connectivity index (χ3n) is 10.5. The van der Waals surface area contributed by atoms with Gasteiger partial charge in [0, 0.05) is 0 Å². The van der Waals surface area contributed by atoms with Gasteiger partial charge in [-0.25, -0.2) is 0 Å². The lowest BCUT2D eigenvalue weighted by molar-refractivity contribution is -0.133. The summed E-state index contributed by atoms with van der Waals surface area (Å²) in [5.41, 5.74) is 0.850. The van der Waals surface area contributed by atoms with E-state index in [1.807, 2.05) is 0 Å². The number of hydrogen-bond donors (Lipinski definition) is 2. The van der Waals surface area contributed by atoms with Crippen LogP contribution in [0.25, 0.3) is 0 Å². The topological polar surface area (TPSA) is 40.5 Å². The summed E-state index contributed by atoms with van der Waals surface area (Å²) in [6, 6.07) is 0. The normalized spacial score (nSPS) is 49.2. The van der Waals surface area contributed by atoms with Gasteiger partial charge in [0.2, 0.25) is 0 Å². The Morgan fingerprint density at radius 3 is 2.39 bits per heavy atom. The summed E-state index contributed by atoms with van der Waals surface area (Å²) in [6.45, 7) is 7.40. The molecule has 0 aromatic carbocycles. The fourth-order valence-electron chi connectivity index (χ4n) is 8.89. The minimum absolute atomic E-state index is 0.0396. The quantitative estimate of drug-likeness (QED) is 0.520. The predicted octanol–water partition coefficient (Wildman–Crippen LogP) is 6.34. The van der Waals surface area contributed by atoms with Crippen LogP contribution in [-0.4, -0.2) is 22.4 Å². The van der Waals surface area contributed by atoms with E-state index in [1.165, 1.54) is 70.6 Å². The van der Waals surface area contributed by atoms with Crippen LogP contribution in [0.3, 0.4) is 0 Å². The van der Waals surface area contributed by atoms with E-state index in [0.717, 1.165) is 42.9 Å². The summed E-state index contributed by atoms with van der Waals surface area (Å²) in [5, 5.41) is 21.3. The fourth-order valence-corrected chi connectivity index (χ4v) is 8.89. The van der Waals surface area contributed by atoms with Gasteiger partial charge in [0.15, 0.2) is 0 Å². The van der Waals surface area contributed by atoms with Crippen molar-refractivity contribution < 1.29 is 10.2 Å². The van der Waals surface area contributed by atoms with Crippen molar-refractivity contribution in [2.45, 2.75) is 123 Å². The van der Waals surface area contributed by atoms with Crippen molar-refractivity contribution >= 4 is 0 Å². The van der Waals surface area contributed by atoms with E-state index >= 15 is 0 Å². The molecule has 0 aliphatic heterocycles. The Labute approximate surface area is 173 Å². The van der Waals surface area contributed by atoms with E-state index in [-0.39, 0.29) is 12.2 Å². The van der Waals surface area contributed by atoms with Crippen molar-refractivity contribution in [3.63, 3.8) is 0 Å². The molecule has 0 heterocycles. The lowest BCUT2D eigenvalue weighted by Gasteiger charge is -2.61. The zero-order valence-electron chi connectivity index (χ0n) is 18.8. The molecule has 0 saturated heterocycles. The monoisotopic (exact) mass is 390 g/mol. The zero-order valence-corrected chi connectivity index (χ0v) is 18.8. The summed E-state index contributed by atoms with van der Waals surface area (Å²) < 4.78 is 0. The highest BCUT2D eigenvalue weighted by atomic mass is 16.3. The van der Waals surface area contributed by atoms with Crippen LogP contribution in [0.1, 0.15) is 111 Å². The van der Waals surface area contributed by atoms with Crippen LogP contribution in [0.4, 0.5) is 0 Å². The van der Waals surface area contributed by atoms with E-state index in [2.05, 4.69) is 20.8 Å². The molecule has 0 bridgehead atoms. The van der Waals surface area contributed by atoms with Crippen LogP contribution in [0.2, 0.25) is 0 Å². The molecular formula is C26H46O2. The molecule has 2 N–H and O–H groups in total. The molecule has 0 aromatic heterocycles. The van der Waals surface area contributed by atoms with E-state index in [1.54, 1.807) is 0 Å². The Balaban J connectivity index is 1.45. The van der Waals surface area contributed by atoms with Crippen LogP contribution in [0.15, 0.2) is 0 Å². The van der Waals surface area contributed by atoms with Crippen molar-refractivity contribution in [1.29, 1.82) is 0 Å². The molecule has 162 valence electrons. The van der Waals surface area contributed by atoms with E-state index in [0.29, 0.717) is 16.7 Å². The molecule has 9 unspecified atom stereocenters. The molecule has 4 saturated carbocycles. The SMILES string of the molecule is CCCCCCC(O)C1CCC2C3CCC4CC(O)CCC4(C)C3CCC12C. The number of aliphatic hydroxyl groups excluding tert-OH is 2. The first-order valence-corrected chi connectivity index (χ1v) is 12.8. The first-order valence-electron chi connectivity index (χ1n) is 12.8. The average molecular weight is 391 g/mol. The largest absolute Gasteiger partial charge is 0.393 e. The molecule has 28 heavy (non-hydrogen) atoms. The highest BCUT2D eigenvalue weighted by Crippen LogP contribution is 2.67. The first kappa shape index (κ1) is 21.2. The van der Waals surface area contributed by atoms with Crippen LogP contribution in [0, 0.1) is 40.4 Å². The molecule has 2 nitrogen and oxygen atoms in total. The molecule has 4 aliphatic rings. The molecular weight excluding hydrogens is 344 g/mol. The molecule has 2 heteroatoms. The molecule has 0 spiro atoms. The van der Waals surface area contributed by atoms with Crippen molar-refractivity contribution in [2.24, 2.45) is 40.4 Å². The number of unbranched alkanes of at least 4 members (excludes halogenated alkanes) is 3. The number of aliphatic hydroxyl groups is 2. The summed E-state index contributed by atoms with van der Waals surface area (Å²) in [5.74, 6) is 3.89. The minimum Gasteiger partial charge on any atom is -0.393 e. The van der Waals surface area contributed by atoms with Gasteiger partial charge in [-0.05, 0) is 105 Å². The van der Waals surface area contributed by atoms with Crippen LogP contribution >= 0.6 is 0 Å². The lowest BCUT2D eigenvalue weighted by Crippen LogP contribution is -2.54. The highest BCUT2D eigenvalue weighted by Gasteiger charge is 2.60. The minimum atomic E-state index is -0.0693. The van der Waals surface area contributed by atoms with E-state index < -0.39 is 0 Å². The second-order valence-corrected chi connectivity index (χ2v) is 11.7. The van der Waals surface area contributed by atoms with Crippen molar-refractivity contribution in [1.82, 2.24) is 0 Å². The molecule has 0 amide bonds. The first-order chi connectivity index (χ1) is 13.4. The Bertz CT molecular complexity index is 533. The van der Waals surface area contributed by atoms with Crippen molar-refractivity contribution in [3.8, 4) is 0 Å². The van der Waals surface area contributed by atoms with Crippen LogP contribution < -0.4 is 0 Å². The number of hydrogen-bond acceptors (Lipinski definition) is 2. The molecule has 0 aromatic rings. The number of fused-ring (bicyclic) bond motifs is 5. The summed E-state index contributed by atoms with van der Waals surface area (Å²) in [6.07, 6.45) is 17.4. The van der Waals surface area contributed by atoms with Gasteiger partial charge in [0.25, 0.3) is 0 Å². The van der Waals surface area contributed by atoms with Gasteiger partial charge < -0.3 is 10.2 Å². The Kier molecular flexibility index (Phi) is 6.21. The third kappa shape index (κ3) is 3.49. The van der Waals surface area contributed by atoms with Gasteiger partial charge in [-0.3, -0.25) is 0 Å². The standard InChI is InChI=1S/C26H46O2/c1-4-5-6-7-8-24(28)23-12-11-21-20-10-9-18-17-19(27)13-15-25(18,2)22(20)14-16-26(21,23)3/h18-24,27-28H,4-17H2,1-3H3. The van der Waals surface area contributed by atoms with Gasteiger partial charge in [0.1, 0.15) is 0 Å². The van der Waals surface area contributed by atoms with Gasteiger partial charge in [-0.2, -0.15) is 0 Å². The van der Waals surface area contributed by atoms with Crippen LogP contribution in [0.5, 0.6) is 0 Å². The fraction of sp³-hybridized carbons (Fsp3) is 1.00. The van der Waals surface area contributed by atoms with E-state index in [4.69, 9.17) is 0 Å². The van der Waals surface area contributed by atoms with Gasteiger partial charge >= 0.3 is 0 Å². The zero-order chi connectivity index (χ0) is 19.9. The maximum Gasteiger partial charge on any atom is 0.0573 e. The van der Waals surface area contributed by atoms with Crippen molar-refractivity contribution in [3.05, 3.63) is 0 Å².